The maximum absolute atomic E-state index is 12.5. The number of carbonyl (C=O) groups is 6. The highest BCUT2D eigenvalue weighted by Gasteiger charge is 2.24. The lowest BCUT2D eigenvalue weighted by Gasteiger charge is -2.21. The molecule has 0 spiro atoms. The second-order valence-corrected chi connectivity index (χ2v) is 10.1. The van der Waals surface area contributed by atoms with E-state index in [0.29, 0.717) is 18.7 Å². The molecule has 5 amide bonds. The Morgan fingerprint density at radius 3 is 1.93 bits per heavy atom. The average Bonchev–Trinajstić information content (AvgIpc) is 2.98. The van der Waals surface area contributed by atoms with E-state index >= 15 is 0 Å². The van der Waals surface area contributed by atoms with Crippen molar-refractivity contribution in [1.29, 1.82) is 0 Å². The number of esters is 1. The molecule has 44 heavy (non-hydrogen) atoms. The first-order valence-electron chi connectivity index (χ1n) is 15.0. The van der Waals surface area contributed by atoms with Gasteiger partial charge in [0.1, 0.15) is 18.4 Å². The molecule has 0 saturated carbocycles. The minimum Gasteiger partial charge on any atom is -0.461 e. The Bertz CT molecular complexity index is 1010. The van der Waals surface area contributed by atoms with Crippen molar-refractivity contribution >= 4 is 41.2 Å². The predicted molar refractivity (Wildman–Crippen MR) is 169 cm³/mol. The van der Waals surface area contributed by atoms with E-state index in [-0.39, 0.29) is 62.3 Å². The molecular formula is C31H53N5O8. The molecule has 6 N–H and O–H groups in total. The van der Waals surface area contributed by atoms with Crippen LogP contribution in [0.4, 0.5) is 10.5 Å². The molecule has 0 bridgehead atoms. The fraction of sp³-hybridized carbons (Fsp3) is 0.613. The molecular weight excluding hydrogens is 570 g/mol. The maximum atomic E-state index is 12.5. The number of hydrogen-bond donors (Lipinski definition) is 5. The van der Waals surface area contributed by atoms with Gasteiger partial charge in [0, 0.05) is 37.9 Å². The van der Waals surface area contributed by atoms with E-state index in [9.17, 15) is 28.8 Å². The van der Waals surface area contributed by atoms with Gasteiger partial charge in [-0.05, 0) is 30.0 Å². The standard InChI is InChI=1S/C25H37N3O7.C4H10N2O.C2H6/c1-16(2)21(30)10-12-34-13-11-22(31)28-24(17(3)4)25(33)26-14-23(32)27-20-8-6-19(7-9-20)15-35-18(5)29;1-2-3-6-4(5)7;1-2/h6-9,16-17,24H,10-15H2,1-5H3,(H,26,33)(H,27,32)(H,28,31);2-3H2,1H3,(H3,5,6,7);1-2H3. The highest BCUT2D eigenvalue weighted by Crippen LogP contribution is 2.10. The third-order valence-electron chi connectivity index (χ3n) is 5.53. The molecule has 0 saturated heterocycles. The fourth-order valence-electron chi connectivity index (χ4n) is 3.11. The zero-order chi connectivity index (χ0) is 34.1. The first-order chi connectivity index (χ1) is 20.8. The number of ether oxygens (including phenoxy) is 2. The Labute approximate surface area is 261 Å². The first kappa shape index (κ1) is 42.1. The third kappa shape index (κ3) is 22.6. The minimum absolute atomic E-state index is 0.0476. The average molecular weight is 624 g/mol. The quantitative estimate of drug-likeness (QED) is 0.129. The number of nitrogens with one attached hydrogen (secondary N) is 4. The van der Waals surface area contributed by atoms with Crippen molar-refractivity contribution in [3.63, 3.8) is 0 Å². The molecule has 0 radical (unpaired) electrons. The van der Waals surface area contributed by atoms with E-state index in [1.165, 1.54) is 6.92 Å². The molecule has 1 atom stereocenters. The number of urea groups is 1. The number of rotatable bonds is 17. The second kappa shape index (κ2) is 25.5. The number of Topliss-reactive ketones (excluding diaryl/α,β-unsaturated/α-hetero) is 1. The highest BCUT2D eigenvalue weighted by atomic mass is 16.5. The second-order valence-electron chi connectivity index (χ2n) is 10.1. The molecule has 0 aromatic heterocycles. The molecule has 250 valence electrons. The predicted octanol–water partition coefficient (Wildman–Crippen LogP) is 3.06. The van der Waals surface area contributed by atoms with Crippen LogP contribution in [0.25, 0.3) is 0 Å². The summed E-state index contributed by atoms with van der Waals surface area (Å²) in [5.41, 5.74) is 6.03. The van der Waals surface area contributed by atoms with Crippen LogP contribution in [0.1, 0.15) is 80.2 Å². The van der Waals surface area contributed by atoms with E-state index < -0.39 is 23.9 Å². The van der Waals surface area contributed by atoms with Crippen LogP contribution in [0, 0.1) is 11.8 Å². The van der Waals surface area contributed by atoms with Crippen LogP contribution in [0.2, 0.25) is 0 Å². The SMILES string of the molecule is CC.CC(=O)OCc1ccc(NC(=O)CNC(=O)C(NC(=O)CCOCCC(=O)C(C)C)C(C)C)cc1.CCCNC(N)=O. The summed E-state index contributed by atoms with van der Waals surface area (Å²) < 4.78 is 10.2. The van der Waals surface area contributed by atoms with Crippen molar-refractivity contribution in [3.05, 3.63) is 29.8 Å². The summed E-state index contributed by atoms with van der Waals surface area (Å²) in [5, 5.41) is 10.3. The van der Waals surface area contributed by atoms with Gasteiger partial charge in [-0.15, -0.1) is 0 Å². The van der Waals surface area contributed by atoms with Gasteiger partial charge >= 0.3 is 12.0 Å². The van der Waals surface area contributed by atoms with Gasteiger partial charge in [-0.3, -0.25) is 24.0 Å². The van der Waals surface area contributed by atoms with Crippen LogP contribution in [0.5, 0.6) is 0 Å². The molecule has 13 heteroatoms. The van der Waals surface area contributed by atoms with Crippen LogP contribution in [0.3, 0.4) is 0 Å². The zero-order valence-corrected chi connectivity index (χ0v) is 27.5. The summed E-state index contributed by atoms with van der Waals surface area (Å²) in [6.07, 6.45) is 1.29. The number of primary amides is 1. The molecule has 1 aromatic carbocycles. The molecule has 0 aliphatic rings. The lowest BCUT2D eigenvalue weighted by molar-refractivity contribution is -0.142. The van der Waals surface area contributed by atoms with Gasteiger partial charge in [-0.25, -0.2) is 4.79 Å². The van der Waals surface area contributed by atoms with Gasteiger partial charge in [0.15, 0.2) is 0 Å². The number of benzene rings is 1. The van der Waals surface area contributed by atoms with E-state index in [1.54, 1.807) is 38.1 Å². The normalized spacial score (nSPS) is 10.7. The Balaban J connectivity index is 0. The van der Waals surface area contributed by atoms with Crippen LogP contribution < -0.4 is 27.0 Å². The number of amides is 5. The lowest BCUT2D eigenvalue weighted by Crippen LogP contribution is -2.51. The first-order valence-corrected chi connectivity index (χ1v) is 15.0. The van der Waals surface area contributed by atoms with E-state index in [1.807, 2.05) is 34.6 Å². The molecule has 0 fully saturated rings. The molecule has 13 nitrogen and oxygen atoms in total. The van der Waals surface area contributed by atoms with Gasteiger partial charge in [0.05, 0.1) is 19.8 Å². The van der Waals surface area contributed by atoms with E-state index in [0.717, 1.165) is 12.0 Å². The molecule has 1 aromatic rings. The van der Waals surface area contributed by atoms with E-state index in [4.69, 9.17) is 15.2 Å². The number of anilines is 1. The summed E-state index contributed by atoms with van der Waals surface area (Å²) in [4.78, 5) is 69.3. The van der Waals surface area contributed by atoms with Gasteiger partial charge in [0.25, 0.3) is 0 Å². The lowest BCUT2D eigenvalue weighted by atomic mass is 10.0. The summed E-state index contributed by atoms with van der Waals surface area (Å²) in [5.74, 6) is -1.77. The fourth-order valence-corrected chi connectivity index (χ4v) is 3.11. The molecule has 1 unspecified atom stereocenters. The monoisotopic (exact) mass is 623 g/mol. The van der Waals surface area contributed by atoms with Crippen molar-refractivity contribution in [3.8, 4) is 0 Å². The van der Waals surface area contributed by atoms with Crippen molar-refractivity contribution in [2.24, 2.45) is 17.6 Å². The Morgan fingerprint density at radius 2 is 1.45 bits per heavy atom. The van der Waals surface area contributed by atoms with Crippen LogP contribution in [-0.4, -0.2) is 67.9 Å². The van der Waals surface area contributed by atoms with E-state index in [2.05, 4.69) is 21.3 Å². The number of carbonyl (C=O) groups excluding carboxylic acids is 6. The highest BCUT2D eigenvalue weighted by molar-refractivity contribution is 5.96. The number of ketones is 1. The summed E-state index contributed by atoms with van der Waals surface area (Å²) in [6, 6.07) is 5.51. The largest absolute Gasteiger partial charge is 0.461 e. The number of hydrogen-bond acceptors (Lipinski definition) is 8. The van der Waals surface area contributed by atoms with Crippen LogP contribution in [0.15, 0.2) is 24.3 Å². The minimum atomic E-state index is -0.807. The van der Waals surface area contributed by atoms with Crippen molar-refractivity contribution in [1.82, 2.24) is 16.0 Å². The van der Waals surface area contributed by atoms with Gasteiger partial charge in [0.2, 0.25) is 17.7 Å². The molecule has 0 aliphatic heterocycles. The van der Waals surface area contributed by atoms with Crippen LogP contribution >= 0.6 is 0 Å². The van der Waals surface area contributed by atoms with Gasteiger partial charge in [-0.2, -0.15) is 0 Å². The molecule has 1 rings (SSSR count). The maximum Gasteiger partial charge on any atom is 0.312 e. The summed E-state index contributed by atoms with van der Waals surface area (Å²) in [7, 11) is 0. The van der Waals surface area contributed by atoms with Crippen LogP contribution in [-0.2, 0) is 40.1 Å². The van der Waals surface area contributed by atoms with Gasteiger partial charge in [-0.1, -0.05) is 60.6 Å². The smallest absolute Gasteiger partial charge is 0.312 e. The van der Waals surface area contributed by atoms with Gasteiger partial charge < -0.3 is 36.5 Å². The number of nitrogens with two attached hydrogens (primary N) is 1. The molecule has 0 aliphatic carbocycles. The van der Waals surface area contributed by atoms with Crippen molar-refractivity contribution in [2.75, 3.05) is 31.6 Å². The Hall–Kier alpha value is -4.00. The Morgan fingerprint density at radius 1 is 0.864 bits per heavy atom. The third-order valence-corrected chi connectivity index (χ3v) is 5.53. The zero-order valence-electron chi connectivity index (χ0n) is 27.5. The summed E-state index contributed by atoms with van der Waals surface area (Å²) in [6.45, 7) is 15.5. The summed E-state index contributed by atoms with van der Waals surface area (Å²) >= 11 is 0. The Kier molecular flexibility index (Phi) is 24.4. The molecule has 0 heterocycles. The topological polar surface area (TPSA) is 195 Å². The van der Waals surface area contributed by atoms with Crippen molar-refractivity contribution < 1.29 is 38.2 Å². The van der Waals surface area contributed by atoms with Crippen molar-refractivity contribution in [2.45, 2.75) is 87.3 Å².